The number of amides is 1. The Morgan fingerprint density at radius 1 is 1.18 bits per heavy atom. The Balaban J connectivity index is 3.60. The number of unbranched alkanes of at least 4 members (excludes halogenated alkanes) is 1. The van der Waals surface area contributed by atoms with Crippen molar-refractivity contribution in [1.82, 2.24) is 5.32 Å². The Morgan fingerprint density at radius 3 is 2.45 bits per heavy atom. The maximum absolute atomic E-state index is 13.2. The van der Waals surface area contributed by atoms with Crippen molar-refractivity contribution in [2.24, 2.45) is 0 Å². The van der Waals surface area contributed by atoms with E-state index in [0.29, 0.717) is 43.3 Å². The van der Waals surface area contributed by atoms with E-state index in [2.05, 4.69) is 5.32 Å². The zero-order valence-electron chi connectivity index (χ0n) is 14.2. The second-order valence-electron chi connectivity index (χ2n) is 6.52. The van der Waals surface area contributed by atoms with Crippen LogP contribution in [0.15, 0.2) is 0 Å². The fourth-order valence-electron chi connectivity index (χ4n) is 2.36. The lowest BCUT2D eigenvalue weighted by Crippen LogP contribution is -2.49. The van der Waals surface area contributed by atoms with Gasteiger partial charge < -0.3 is 19.7 Å². The zero-order valence-corrected chi connectivity index (χ0v) is 14.2. The first-order chi connectivity index (χ1) is 10.3. The van der Waals surface area contributed by atoms with Gasteiger partial charge in [-0.2, -0.15) is 0 Å². The van der Waals surface area contributed by atoms with Gasteiger partial charge >= 0.3 is 0 Å². The van der Waals surface area contributed by atoms with E-state index in [1.54, 1.807) is 0 Å². The summed E-state index contributed by atoms with van der Waals surface area (Å²) in [7, 11) is 3.64. The second kappa shape index (κ2) is 11.4. The number of aliphatic carboxylic acids is 1. The Labute approximate surface area is 133 Å². The average molecular weight is 318 g/mol. The zero-order chi connectivity index (χ0) is 17.0. The number of nitrogens with one attached hydrogen (secondary N) is 1. The summed E-state index contributed by atoms with van der Waals surface area (Å²) < 4.78 is 13.6. The number of nitrogens with zero attached hydrogens (tertiary/aromatic N) is 1. The molecule has 0 bridgehead atoms. The molecule has 0 saturated carbocycles. The van der Waals surface area contributed by atoms with Crippen molar-refractivity contribution in [3.63, 3.8) is 0 Å². The van der Waals surface area contributed by atoms with Crippen LogP contribution >= 0.6 is 0 Å². The van der Waals surface area contributed by atoms with Gasteiger partial charge in [0.15, 0.2) is 0 Å². The Bertz CT molecular complexity index is 335. The van der Waals surface area contributed by atoms with Gasteiger partial charge in [-0.25, -0.2) is 4.39 Å². The molecule has 0 heterocycles. The van der Waals surface area contributed by atoms with Crippen LogP contribution in [0, 0.1) is 0 Å². The molecule has 0 saturated heterocycles. The number of quaternary nitrogens is 1. The molecule has 22 heavy (non-hydrogen) atoms. The molecule has 1 atom stereocenters. The number of alkyl halides is 1. The molecule has 1 unspecified atom stereocenters. The summed E-state index contributed by atoms with van der Waals surface area (Å²) in [4.78, 5) is 22.2. The minimum atomic E-state index is -1.07. The molecule has 0 aromatic rings. The minimum absolute atomic E-state index is 0.0175. The highest BCUT2D eigenvalue weighted by molar-refractivity contribution is 5.75. The number of hydrogen-bond donors (Lipinski definition) is 1. The third-order valence-corrected chi connectivity index (χ3v) is 3.59. The topological polar surface area (TPSA) is 69.2 Å². The van der Waals surface area contributed by atoms with Crippen molar-refractivity contribution < 1.29 is 23.6 Å². The molecule has 1 N–H and O–H groups in total. The van der Waals surface area contributed by atoms with Gasteiger partial charge in [-0.05, 0) is 19.3 Å². The van der Waals surface area contributed by atoms with Gasteiger partial charge in [0.1, 0.15) is 12.7 Å². The standard InChI is InChI=1S/C16H31FN2O3/c1-4-8-14(17)9-5-6-10-15(20)18-11-7-12-19(2,3)13-16(21)22/h14H,4-13H2,1-3H3,(H-,18,20,21,22). The first-order valence-electron chi connectivity index (χ1n) is 8.19. The summed E-state index contributed by atoms with van der Waals surface area (Å²) in [6.07, 6.45) is 3.85. The summed E-state index contributed by atoms with van der Waals surface area (Å²) in [6, 6.07) is 0. The molecule has 0 radical (unpaired) electrons. The van der Waals surface area contributed by atoms with Gasteiger partial charge in [-0.1, -0.05) is 19.8 Å². The van der Waals surface area contributed by atoms with Crippen molar-refractivity contribution in [1.29, 1.82) is 0 Å². The molecule has 0 aromatic heterocycles. The van der Waals surface area contributed by atoms with Crippen LogP contribution in [0.25, 0.3) is 0 Å². The van der Waals surface area contributed by atoms with Crippen molar-refractivity contribution in [2.45, 2.75) is 58.0 Å². The number of likely N-dealkylation sites (N-methyl/N-ethyl adjacent to an activating group) is 1. The monoisotopic (exact) mass is 318 g/mol. The molecule has 6 heteroatoms. The van der Waals surface area contributed by atoms with Gasteiger partial charge in [0.05, 0.1) is 26.6 Å². The predicted molar refractivity (Wildman–Crippen MR) is 82.7 cm³/mol. The van der Waals surface area contributed by atoms with E-state index in [-0.39, 0.29) is 12.5 Å². The summed E-state index contributed by atoms with van der Waals surface area (Å²) in [6.45, 7) is 3.13. The maximum atomic E-state index is 13.2. The van der Waals surface area contributed by atoms with Gasteiger partial charge in [0, 0.05) is 19.4 Å². The lowest BCUT2D eigenvalue weighted by Gasteiger charge is -2.30. The maximum Gasteiger partial charge on any atom is 0.219 e. The van der Waals surface area contributed by atoms with Crippen LogP contribution in [0.4, 0.5) is 4.39 Å². The Hall–Kier alpha value is -1.17. The molecule has 0 rings (SSSR count). The van der Waals surface area contributed by atoms with Crippen LogP contribution in [0.2, 0.25) is 0 Å². The molecule has 0 aliphatic heterocycles. The molecular formula is C16H31FN2O3. The van der Waals surface area contributed by atoms with E-state index in [4.69, 9.17) is 0 Å². The first kappa shape index (κ1) is 20.8. The van der Waals surface area contributed by atoms with E-state index >= 15 is 0 Å². The number of carbonyl (C=O) groups is 2. The minimum Gasteiger partial charge on any atom is -0.544 e. The Morgan fingerprint density at radius 2 is 1.86 bits per heavy atom. The molecule has 0 fully saturated rings. The number of halogens is 1. The highest BCUT2D eigenvalue weighted by atomic mass is 19.1. The highest BCUT2D eigenvalue weighted by Crippen LogP contribution is 2.11. The number of carboxylic acid groups (broad SMARTS) is 1. The number of carboxylic acids is 1. The molecule has 5 nitrogen and oxygen atoms in total. The normalized spacial score (nSPS) is 12.9. The van der Waals surface area contributed by atoms with Crippen molar-refractivity contribution in [3.05, 3.63) is 0 Å². The van der Waals surface area contributed by atoms with E-state index in [0.717, 1.165) is 19.3 Å². The van der Waals surface area contributed by atoms with Crippen LogP contribution in [-0.2, 0) is 9.59 Å². The quantitative estimate of drug-likeness (QED) is 0.407. The van der Waals surface area contributed by atoms with Crippen molar-refractivity contribution in [3.8, 4) is 0 Å². The van der Waals surface area contributed by atoms with Gasteiger partial charge in [-0.15, -0.1) is 0 Å². The van der Waals surface area contributed by atoms with Gasteiger partial charge in [0.25, 0.3) is 0 Å². The molecule has 1 amide bonds. The fraction of sp³-hybridized carbons (Fsp3) is 0.875. The van der Waals surface area contributed by atoms with Gasteiger partial charge in [0.2, 0.25) is 5.91 Å². The predicted octanol–water partition coefficient (Wildman–Crippen LogP) is 1.02. The van der Waals surface area contributed by atoms with Crippen LogP contribution in [-0.4, -0.2) is 56.3 Å². The van der Waals surface area contributed by atoms with Gasteiger partial charge in [-0.3, -0.25) is 4.79 Å². The molecule has 0 aliphatic carbocycles. The molecule has 0 spiro atoms. The Kier molecular flexibility index (Phi) is 10.8. The highest BCUT2D eigenvalue weighted by Gasteiger charge is 2.14. The van der Waals surface area contributed by atoms with Crippen LogP contribution in [0.1, 0.15) is 51.9 Å². The molecular weight excluding hydrogens is 287 g/mol. The summed E-state index contributed by atoms with van der Waals surface area (Å²) in [5.74, 6) is -1.08. The average Bonchev–Trinajstić information content (AvgIpc) is 2.38. The summed E-state index contributed by atoms with van der Waals surface area (Å²) >= 11 is 0. The molecule has 0 aromatic carbocycles. The van der Waals surface area contributed by atoms with E-state index < -0.39 is 12.1 Å². The summed E-state index contributed by atoms with van der Waals surface area (Å²) in [5.41, 5.74) is 0. The van der Waals surface area contributed by atoms with E-state index in [9.17, 15) is 19.1 Å². The van der Waals surface area contributed by atoms with Crippen molar-refractivity contribution >= 4 is 11.9 Å². The smallest absolute Gasteiger partial charge is 0.219 e. The number of hydrogen-bond acceptors (Lipinski definition) is 3. The lowest BCUT2D eigenvalue weighted by atomic mass is 10.1. The SMILES string of the molecule is CCCC(F)CCCCC(=O)NCCC[N+](C)(C)CC(=O)[O-]. The summed E-state index contributed by atoms with van der Waals surface area (Å²) in [5, 5.41) is 13.4. The number of rotatable bonds is 13. The third kappa shape index (κ3) is 12.6. The lowest BCUT2D eigenvalue weighted by molar-refractivity contribution is -0.884. The van der Waals surface area contributed by atoms with Crippen molar-refractivity contribution in [2.75, 3.05) is 33.7 Å². The van der Waals surface area contributed by atoms with Crippen LogP contribution in [0.5, 0.6) is 0 Å². The third-order valence-electron chi connectivity index (χ3n) is 3.59. The largest absolute Gasteiger partial charge is 0.544 e. The molecule has 130 valence electrons. The fourth-order valence-corrected chi connectivity index (χ4v) is 2.36. The van der Waals surface area contributed by atoms with E-state index in [1.165, 1.54) is 0 Å². The number of carbonyl (C=O) groups excluding carboxylic acids is 2. The second-order valence-corrected chi connectivity index (χ2v) is 6.52. The molecule has 0 aliphatic rings. The first-order valence-corrected chi connectivity index (χ1v) is 8.19. The van der Waals surface area contributed by atoms with E-state index in [1.807, 2.05) is 21.0 Å². The van der Waals surface area contributed by atoms with Crippen LogP contribution in [0.3, 0.4) is 0 Å². The van der Waals surface area contributed by atoms with Crippen LogP contribution < -0.4 is 10.4 Å².